The Labute approximate surface area is 145 Å². The predicted octanol–water partition coefficient (Wildman–Crippen LogP) is 4.14. The van der Waals surface area contributed by atoms with E-state index in [1.165, 1.54) is 19.2 Å². The van der Waals surface area contributed by atoms with Gasteiger partial charge in [0.2, 0.25) is 0 Å². The molecule has 2 N–H and O–H groups in total. The Kier molecular flexibility index (Phi) is 5.27. The van der Waals surface area contributed by atoms with E-state index in [9.17, 15) is 18.3 Å². The summed E-state index contributed by atoms with van der Waals surface area (Å²) in [6.07, 6.45) is -4.21. The van der Waals surface area contributed by atoms with E-state index in [1.807, 2.05) is 0 Å². The molecule has 4 nitrogen and oxygen atoms in total. The van der Waals surface area contributed by atoms with Gasteiger partial charge in [-0.05, 0) is 18.2 Å². The van der Waals surface area contributed by atoms with Gasteiger partial charge in [-0.2, -0.15) is 13.2 Å². The first-order chi connectivity index (χ1) is 10.6. The van der Waals surface area contributed by atoms with E-state index < -0.39 is 11.9 Å². The molecule has 0 aromatic heterocycles. The van der Waals surface area contributed by atoms with Crippen LogP contribution in [0.5, 0.6) is 0 Å². The number of benzene rings is 1. The summed E-state index contributed by atoms with van der Waals surface area (Å²) < 4.78 is 45.0. The van der Waals surface area contributed by atoms with Crippen LogP contribution in [0.4, 0.5) is 18.9 Å². The second-order valence-electron chi connectivity index (χ2n) is 4.80. The SMILES string of the molecule is COCCC1=C[C@](O)(C(F)(F)F)N(c2c(Cl)cc(Cl)cc2Cl)N1. The number of hydrogen-bond acceptors (Lipinski definition) is 4. The summed E-state index contributed by atoms with van der Waals surface area (Å²) in [5.41, 5.74) is -0.951. The van der Waals surface area contributed by atoms with E-state index in [-0.39, 0.29) is 39.5 Å². The van der Waals surface area contributed by atoms with Crippen LogP contribution in [0.3, 0.4) is 0 Å². The molecule has 10 heteroatoms. The van der Waals surface area contributed by atoms with E-state index in [0.717, 1.165) is 0 Å². The van der Waals surface area contributed by atoms with Crippen LogP contribution in [0.2, 0.25) is 15.1 Å². The van der Waals surface area contributed by atoms with E-state index in [0.29, 0.717) is 11.1 Å². The van der Waals surface area contributed by atoms with Crippen molar-refractivity contribution >= 4 is 40.5 Å². The third-order valence-electron chi connectivity index (χ3n) is 3.17. The first-order valence-electron chi connectivity index (χ1n) is 6.31. The average molecular weight is 392 g/mol. The van der Waals surface area contributed by atoms with Crippen LogP contribution in [0.25, 0.3) is 0 Å². The maximum Gasteiger partial charge on any atom is 0.442 e. The van der Waals surface area contributed by atoms with E-state index in [4.69, 9.17) is 39.5 Å². The summed E-state index contributed by atoms with van der Waals surface area (Å²) in [6, 6.07) is 2.46. The van der Waals surface area contributed by atoms with Gasteiger partial charge in [-0.3, -0.25) is 5.43 Å². The molecule has 0 saturated carbocycles. The third-order valence-corrected chi connectivity index (χ3v) is 3.96. The molecule has 0 spiro atoms. The van der Waals surface area contributed by atoms with E-state index >= 15 is 0 Å². The van der Waals surface area contributed by atoms with Crippen molar-refractivity contribution in [2.24, 2.45) is 0 Å². The molecule has 0 fully saturated rings. The van der Waals surface area contributed by atoms with Crippen molar-refractivity contribution in [1.82, 2.24) is 5.43 Å². The second kappa shape index (κ2) is 6.57. The van der Waals surface area contributed by atoms with Crippen molar-refractivity contribution in [2.45, 2.75) is 18.3 Å². The van der Waals surface area contributed by atoms with Crippen molar-refractivity contribution in [3.63, 3.8) is 0 Å². The lowest BCUT2D eigenvalue weighted by Gasteiger charge is -2.36. The van der Waals surface area contributed by atoms with Crippen LogP contribution in [0, 0.1) is 0 Å². The Morgan fingerprint density at radius 1 is 1.26 bits per heavy atom. The van der Waals surface area contributed by atoms with Crippen molar-refractivity contribution < 1.29 is 23.0 Å². The maximum absolute atomic E-state index is 13.4. The van der Waals surface area contributed by atoms with Gasteiger partial charge in [-0.15, -0.1) is 0 Å². The molecule has 1 aromatic carbocycles. The molecule has 0 aliphatic carbocycles. The summed E-state index contributed by atoms with van der Waals surface area (Å²) in [4.78, 5) is 0. The van der Waals surface area contributed by atoms with Crippen molar-refractivity contribution in [1.29, 1.82) is 0 Å². The number of methoxy groups -OCH3 is 1. The standard InChI is InChI=1S/C13H12Cl3F3N2O2/c1-23-3-2-8-6-12(22,13(17,18)19)21(20-8)11-9(15)4-7(14)5-10(11)16/h4-6,20,22H,2-3H2,1H3/t12-/m0/s1. The van der Waals surface area contributed by atoms with Gasteiger partial charge in [-0.1, -0.05) is 34.8 Å². The Balaban J connectivity index is 2.50. The van der Waals surface area contributed by atoms with Crippen LogP contribution in [0.1, 0.15) is 6.42 Å². The number of halogens is 6. The second-order valence-corrected chi connectivity index (χ2v) is 6.05. The quantitative estimate of drug-likeness (QED) is 0.810. The fraction of sp³-hybridized carbons (Fsp3) is 0.385. The first kappa shape index (κ1) is 18.5. The minimum Gasteiger partial charge on any atom is -0.384 e. The molecule has 128 valence electrons. The summed E-state index contributed by atoms with van der Waals surface area (Å²) in [5, 5.41) is 10.5. The number of hydrazine groups is 1. The monoisotopic (exact) mass is 390 g/mol. The summed E-state index contributed by atoms with van der Waals surface area (Å²) >= 11 is 17.7. The zero-order valence-corrected chi connectivity index (χ0v) is 14.0. The van der Waals surface area contributed by atoms with Crippen LogP contribution in [0.15, 0.2) is 23.9 Å². The number of nitrogens with zero attached hydrogens (tertiary/aromatic N) is 1. The predicted molar refractivity (Wildman–Crippen MR) is 82.7 cm³/mol. The molecule has 0 radical (unpaired) electrons. The highest BCUT2D eigenvalue weighted by Gasteiger charge is 2.60. The van der Waals surface area contributed by atoms with Gasteiger partial charge in [0, 0.05) is 24.3 Å². The lowest BCUT2D eigenvalue weighted by atomic mass is 10.1. The Bertz CT molecular complexity index is 616. The first-order valence-corrected chi connectivity index (χ1v) is 7.44. The zero-order chi connectivity index (χ0) is 17.4. The van der Waals surface area contributed by atoms with Crippen LogP contribution in [-0.2, 0) is 4.74 Å². The van der Waals surface area contributed by atoms with Crippen molar-refractivity contribution in [2.75, 3.05) is 18.7 Å². The average Bonchev–Trinajstić information content (AvgIpc) is 2.73. The minimum absolute atomic E-state index is 0.119. The Hall–Kier alpha value is -0.860. The van der Waals surface area contributed by atoms with Crippen molar-refractivity contribution in [3.8, 4) is 0 Å². The topological polar surface area (TPSA) is 44.7 Å². The minimum atomic E-state index is -5.00. The normalized spacial score (nSPS) is 21.4. The molecule has 1 aromatic rings. The van der Waals surface area contributed by atoms with Crippen LogP contribution in [-0.4, -0.2) is 30.7 Å². The highest BCUT2D eigenvalue weighted by molar-refractivity contribution is 6.41. The molecule has 1 aliphatic rings. The molecule has 0 unspecified atom stereocenters. The third kappa shape index (κ3) is 3.49. The number of hydrogen-bond donors (Lipinski definition) is 2. The molecule has 1 heterocycles. The Morgan fingerprint density at radius 3 is 2.30 bits per heavy atom. The fourth-order valence-electron chi connectivity index (χ4n) is 2.09. The van der Waals surface area contributed by atoms with E-state index in [1.54, 1.807) is 0 Å². The van der Waals surface area contributed by atoms with Gasteiger partial charge in [0.15, 0.2) is 0 Å². The molecular weight excluding hydrogens is 380 g/mol. The molecule has 0 saturated heterocycles. The molecule has 0 amide bonds. The maximum atomic E-state index is 13.4. The molecule has 0 bridgehead atoms. The van der Waals surface area contributed by atoms with Gasteiger partial charge >= 0.3 is 6.18 Å². The number of nitrogens with one attached hydrogen (secondary N) is 1. The number of anilines is 1. The van der Waals surface area contributed by atoms with Crippen LogP contribution < -0.4 is 10.4 Å². The van der Waals surface area contributed by atoms with Gasteiger partial charge in [0.05, 0.1) is 22.3 Å². The van der Waals surface area contributed by atoms with E-state index in [2.05, 4.69) is 5.43 Å². The van der Waals surface area contributed by atoms with Gasteiger partial charge in [-0.25, -0.2) is 5.01 Å². The van der Waals surface area contributed by atoms with Gasteiger partial charge in [0.25, 0.3) is 5.72 Å². The number of aliphatic hydroxyl groups is 1. The highest BCUT2D eigenvalue weighted by Crippen LogP contribution is 2.46. The fourth-order valence-corrected chi connectivity index (χ4v) is 3.08. The molecule has 1 atom stereocenters. The number of alkyl halides is 3. The zero-order valence-electron chi connectivity index (χ0n) is 11.7. The molecular formula is C13H12Cl3F3N2O2. The largest absolute Gasteiger partial charge is 0.442 e. The van der Waals surface area contributed by atoms with Crippen LogP contribution >= 0.6 is 34.8 Å². The smallest absolute Gasteiger partial charge is 0.384 e. The molecule has 2 rings (SSSR count). The summed E-state index contributed by atoms with van der Waals surface area (Å²) in [6.45, 7) is 0.169. The lowest BCUT2D eigenvalue weighted by Crippen LogP contribution is -2.59. The lowest BCUT2D eigenvalue weighted by molar-refractivity contribution is -0.238. The Morgan fingerprint density at radius 2 is 1.83 bits per heavy atom. The van der Waals surface area contributed by atoms with Crippen molar-refractivity contribution in [3.05, 3.63) is 39.0 Å². The van der Waals surface area contributed by atoms with Gasteiger partial charge in [0.1, 0.15) is 0 Å². The number of ether oxygens (including phenoxy) is 1. The van der Waals surface area contributed by atoms with Gasteiger partial charge < -0.3 is 9.84 Å². The number of rotatable bonds is 4. The summed E-state index contributed by atoms with van der Waals surface area (Å²) in [5.74, 6) is 0. The molecule has 23 heavy (non-hydrogen) atoms. The highest BCUT2D eigenvalue weighted by atomic mass is 35.5. The molecule has 1 aliphatic heterocycles. The summed E-state index contributed by atoms with van der Waals surface area (Å²) in [7, 11) is 1.41.